The molecule has 0 spiro atoms. The van der Waals surface area contributed by atoms with Gasteiger partial charge >= 0.3 is 0 Å². The van der Waals surface area contributed by atoms with E-state index in [1.54, 1.807) is 30.3 Å². The van der Waals surface area contributed by atoms with Crippen molar-refractivity contribution >= 4 is 23.6 Å². The van der Waals surface area contributed by atoms with Crippen LogP contribution in [0.15, 0.2) is 66.9 Å². The zero-order chi connectivity index (χ0) is 19.4. The summed E-state index contributed by atoms with van der Waals surface area (Å²) in [5.41, 5.74) is 8.30. The molecule has 0 aliphatic heterocycles. The molecule has 2 amide bonds. The molecule has 0 saturated heterocycles. The number of hydrogen-bond acceptors (Lipinski definition) is 4. The van der Waals surface area contributed by atoms with Gasteiger partial charge in [0.2, 0.25) is 5.91 Å². The summed E-state index contributed by atoms with van der Waals surface area (Å²) in [6.45, 7) is 3.60. The van der Waals surface area contributed by atoms with Crippen LogP contribution < -0.4 is 16.4 Å². The van der Waals surface area contributed by atoms with Crippen LogP contribution in [0.5, 0.6) is 5.75 Å². The Kier molecular flexibility index (Phi) is 5.38. The van der Waals surface area contributed by atoms with E-state index in [1.807, 2.05) is 12.1 Å². The van der Waals surface area contributed by atoms with Crippen LogP contribution in [0.25, 0.3) is 6.08 Å². The van der Waals surface area contributed by atoms with Crippen LogP contribution in [0.1, 0.15) is 23.5 Å². The molecule has 6 heteroatoms. The number of nitrogens with one attached hydrogen (secondary N) is 2. The maximum Gasteiger partial charge on any atom is 0.271 e. The molecule has 3 rings (SSSR count). The van der Waals surface area contributed by atoms with Crippen LogP contribution in [-0.2, 0) is 9.59 Å². The molecule has 6 nitrogen and oxygen atoms in total. The summed E-state index contributed by atoms with van der Waals surface area (Å²) >= 11 is 0. The Balaban J connectivity index is 1.50. The lowest BCUT2D eigenvalue weighted by atomic mass is 10.1. The molecule has 2 aromatic rings. The molecule has 5 N–H and O–H groups in total. The SMILES string of the molecule is C=C(NC(=O)/C=C/c1ccc(O)cc1)C(=O)Nc1ccc(C2CC2N)cc1. The summed E-state index contributed by atoms with van der Waals surface area (Å²) in [5.74, 6) is -0.405. The molecular formula is C21H21N3O3. The van der Waals surface area contributed by atoms with Crippen molar-refractivity contribution in [2.75, 3.05) is 5.32 Å². The maximum absolute atomic E-state index is 12.1. The van der Waals surface area contributed by atoms with Gasteiger partial charge in [0.25, 0.3) is 5.91 Å². The van der Waals surface area contributed by atoms with E-state index in [-0.39, 0.29) is 17.5 Å². The molecule has 2 atom stereocenters. The highest BCUT2D eigenvalue weighted by atomic mass is 16.3. The predicted octanol–water partition coefficient (Wildman–Crippen LogP) is 2.49. The van der Waals surface area contributed by atoms with Crippen LogP contribution in [-0.4, -0.2) is 23.0 Å². The first-order valence-electron chi connectivity index (χ1n) is 8.56. The van der Waals surface area contributed by atoms with Crippen molar-refractivity contribution in [2.45, 2.75) is 18.4 Å². The lowest BCUT2D eigenvalue weighted by molar-refractivity contribution is -0.118. The van der Waals surface area contributed by atoms with Crippen molar-refractivity contribution in [3.8, 4) is 5.75 Å². The number of nitrogens with two attached hydrogens (primary N) is 1. The second kappa shape index (κ2) is 7.88. The highest BCUT2D eigenvalue weighted by Gasteiger charge is 2.34. The fourth-order valence-corrected chi connectivity index (χ4v) is 2.62. The third-order valence-electron chi connectivity index (χ3n) is 4.30. The van der Waals surface area contributed by atoms with Crippen LogP contribution in [0, 0.1) is 0 Å². The molecule has 2 unspecified atom stereocenters. The van der Waals surface area contributed by atoms with Gasteiger partial charge in [-0.05, 0) is 47.9 Å². The zero-order valence-electron chi connectivity index (χ0n) is 14.7. The number of carbonyl (C=O) groups excluding carboxylic acids is 2. The van der Waals surface area contributed by atoms with E-state index < -0.39 is 11.8 Å². The maximum atomic E-state index is 12.1. The third kappa shape index (κ3) is 5.05. The summed E-state index contributed by atoms with van der Waals surface area (Å²) in [5, 5.41) is 14.3. The number of rotatable bonds is 6. The Bertz CT molecular complexity index is 886. The first-order chi connectivity index (χ1) is 12.9. The Morgan fingerprint density at radius 3 is 2.33 bits per heavy atom. The number of anilines is 1. The molecular weight excluding hydrogens is 342 g/mol. The second-order valence-corrected chi connectivity index (χ2v) is 6.47. The average Bonchev–Trinajstić information content (AvgIpc) is 3.38. The fraction of sp³-hybridized carbons (Fsp3) is 0.143. The van der Waals surface area contributed by atoms with Crippen molar-refractivity contribution in [1.29, 1.82) is 0 Å². The van der Waals surface area contributed by atoms with Crippen molar-refractivity contribution in [2.24, 2.45) is 5.73 Å². The molecule has 0 radical (unpaired) electrons. The Labute approximate surface area is 157 Å². The standard InChI is InChI=1S/C21H21N3O3/c1-13(23-20(26)11-4-14-2-9-17(25)10-3-14)21(27)24-16-7-5-15(6-8-16)18-12-19(18)22/h2-11,18-19,25H,1,12,22H2,(H,23,26)(H,24,27)/b11-4+. The van der Waals surface area contributed by atoms with E-state index in [0.717, 1.165) is 17.5 Å². The number of phenols is 1. The summed E-state index contributed by atoms with van der Waals surface area (Å²) in [7, 11) is 0. The van der Waals surface area contributed by atoms with Gasteiger partial charge in [0, 0.05) is 23.7 Å². The molecule has 1 aliphatic rings. The second-order valence-electron chi connectivity index (χ2n) is 6.47. The van der Waals surface area contributed by atoms with Gasteiger partial charge in [0.1, 0.15) is 5.75 Å². The van der Waals surface area contributed by atoms with Crippen molar-refractivity contribution < 1.29 is 14.7 Å². The number of amides is 2. The molecule has 0 bridgehead atoms. The smallest absolute Gasteiger partial charge is 0.271 e. The summed E-state index contributed by atoms with van der Waals surface area (Å²) < 4.78 is 0. The first kappa shape index (κ1) is 18.4. The summed E-state index contributed by atoms with van der Waals surface area (Å²) in [6.07, 6.45) is 3.85. The molecule has 1 aliphatic carbocycles. The van der Waals surface area contributed by atoms with E-state index in [0.29, 0.717) is 11.6 Å². The largest absolute Gasteiger partial charge is 0.508 e. The first-order valence-corrected chi connectivity index (χ1v) is 8.56. The van der Waals surface area contributed by atoms with Crippen LogP contribution in [0.3, 0.4) is 0 Å². The number of phenolic OH excluding ortho intramolecular Hbond substituents is 1. The normalized spacial score (nSPS) is 18.1. The van der Waals surface area contributed by atoms with Gasteiger partial charge in [0.15, 0.2) is 0 Å². The summed E-state index contributed by atoms with van der Waals surface area (Å²) in [6, 6.07) is 14.1. The Morgan fingerprint density at radius 2 is 1.74 bits per heavy atom. The molecule has 138 valence electrons. The van der Waals surface area contributed by atoms with E-state index in [1.165, 1.54) is 18.2 Å². The monoisotopic (exact) mass is 363 g/mol. The minimum absolute atomic E-state index is 0.0522. The van der Waals surface area contributed by atoms with Gasteiger partial charge in [-0.1, -0.05) is 30.8 Å². The van der Waals surface area contributed by atoms with Crippen molar-refractivity contribution in [1.82, 2.24) is 5.32 Å². The topological polar surface area (TPSA) is 104 Å². The number of carbonyl (C=O) groups is 2. The molecule has 1 saturated carbocycles. The zero-order valence-corrected chi connectivity index (χ0v) is 14.7. The fourth-order valence-electron chi connectivity index (χ4n) is 2.62. The number of hydrogen-bond donors (Lipinski definition) is 4. The van der Waals surface area contributed by atoms with Gasteiger partial charge in [-0.3, -0.25) is 9.59 Å². The van der Waals surface area contributed by atoms with E-state index >= 15 is 0 Å². The van der Waals surface area contributed by atoms with Gasteiger partial charge in [-0.15, -0.1) is 0 Å². The van der Waals surface area contributed by atoms with Gasteiger partial charge in [0.05, 0.1) is 5.70 Å². The quantitative estimate of drug-likeness (QED) is 0.592. The van der Waals surface area contributed by atoms with Crippen molar-refractivity contribution in [3.63, 3.8) is 0 Å². The Hall–Kier alpha value is -3.38. The molecule has 1 fully saturated rings. The van der Waals surface area contributed by atoms with E-state index in [2.05, 4.69) is 17.2 Å². The third-order valence-corrected chi connectivity index (χ3v) is 4.30. The lowest BCUT2D eigenvalue weighted by Crippen LogP contribution is -2.28. The summed E-state index contributed by atoms with van der Waals surface area (Å²) in [4.78, 5) is 24.1. The minimum Gasteiger partial charge on any atom is -0.508 e. The minimum atomic E-state index is -0.489. The highest BCUT2D eigenvalue weighted by Crippen LogP contribution is 2.39. The van der Waals surface area contributed by atoms with Gasteiger partial charge < -0.3 is 21.5 Å². The average molecular weight is 363 g/mol. The predicted molar refractivity (Wildman–Crippen MR) is 105 cm³/mol. The van der Waals surface area contributed by atoms with Gasteiger partial charge in [-0.2, -0.15) is 0 Å². The molecule has 2 aromatic carbocycles. The van der Waals surface area contributed by atoms with Crippen molar-refractivity contribution in [3.05, 3.63) is 78.0 Å². The van der Waals surface area contributed by atoms with Crippen LogP contribution in [0.2, 0.25) is 0 Å². The number of benzene rings is 2. The van der Waals surface area contributed by atoms with Crippen LogP contribution in [0.4, 0.5) is 5.69 Å². The number of aromatic hydroxyl groups is 1. The highest BCUT2D eigenvalue weighted by molar-refractivity contribution is 6.07. The Morgan fingerprint density at radius 1 is 1.11 bits per heavy atom. The molecule has 0 heterocycles. The van der Waals surface area contributed by atoms with E-state index in [9.17, 15) is 14.7 Å². The molecule has 0 aromatic heterocycles. The van der Waals surface area contributed by atoms with Crippen LogP contribution >= 0.6 is 0 Å². The molecule has 27 heavy (non-hydrogen) atoms. The lowest BCUT2D eigenvalue weighted by Gasteiger charge is -2.09. The van der Waals surface area contributed by atoms with E-state index in [4.69, 9.17) is 5.73 Å². The van der Waals surface area contributed by atoms with Gasteiger partial charge in [-0.25, -0.2) is 0 Å².